The van der Waals surface area contributed by atoms with E-state index in [0.717, 1.165) is 4.52 Å². The molecule has 0 saturated carbocycles. The normalized spacial score (nSPS) is 11.0. The fourth-order valence-corrected chi connectivity index (χ4v) is 4.40. The summed E-state index contributed by atoms with van der Waals surface area (Å²) in [5.74, 6) is 0.621. The van der Waals surface area contributed by atoms with Gasteiger partial charge in [0.1, 0.15) is 34.3 Å². The standard InChI is InChI=1S/C32H21F2N5O5/c33-30(34)29-18-28(20-7-3-1-4-8-20)37-31-27(19-35-38(29)31)32(40)36-21-11-13-24(14-12-21)44-26-16-22(39(41)42)15-25(17-26)43-23-9-5-2-6-10-23/h1-19,30H,(H,36,40). The smallest absolute Gasteiger partial charge is 0.280 e. The number of nitrogens with one attached hydrogen (secondary N) is 1. The molecule has 0 spiro atoms. The van der Waals surface area contributed by atoms with E-state index in [4.69, 9.17) is 9.47 Å². The lowest BCUT2D eigenvalue weighted by Gasteiger charge is -2.11. The summed E-state index contributed by atoms with van der Waals surface area (Å²) in [5.41, 5.74) is 0.649. The molecular weight excluding hydrogens is 572 g/mol. The molecule has 0 saturated heterocycles. The molecule has 1 N–H and O–H groups in total. The van der Waals surface area contributed by atoms with E-state index in [1.54, 1.807) is 78.9 Å². The summed E-state index contributed by atoms with van der Waals surface area (Å²) in [6.07, 6.45) is -1.66. The minimum absolute atomic E-state index is 0.00699. The number of nitrogens with zero attached hydrogens (tertiary/aromatic N) is 4. The van der Waals surface area contributed by atoms with E-state index >= 15 is 0 Å². The lowest BCUT2D eigenvalue weighted by atomic mass is 10.1. The molecule has 2 heterocycles. The van der Waals surface area contributed by atoms with Gasteiger partial charge >= 0.3 is 0 Å². The van der Waals surface area contributed by atoms with Crippen molar-refractivity contribution >= 4 is 22.9 Å². The zero-order valence-corrected chi connectivity index (χ0v) is 22.6. The van der Waals surface area contributed by atoms with Crippen molar-refractivity contribution in [2.75, 3.05) is 5.32 Å². The van der Waals surface area contributed by atoms with Gasteiger partial charge < -0.3 is 14.8 Å². The van der Waals surface area contributed by atoms with Crippen LogP contribution in [0.1, 0.15) is 22.5 Å². The first-order chi connectivity index (χ1) is 21.3. The van der Waals surface area contributed by atoms with E-state index in [-0.39, 0.29) is 34.1 Å². The van der Waals surface area contributed by atoms with Gasteiger partial charge in [-0.15, -0.1) is 0 Å². The van der Waals surface area contributed by atoms with Crippen molar-refractivity contribution in [3.63, 3.8) is 0 Å². The minimum atomic E-state index is -2.85. The van der Waals surface area contributed by atoms with Crippen LogP contribution in [0.4, 0.5) is 20.2 Å². The Kier molecular flexibility index (Phi) is 7.61. The zero-order valence-electron chi connectivity index (χ0n) is 22.6. The van der Waals surface area contributed by atoms with E-state index in [0.29, 0.717) is 22.7 Å². The number of carbonyl (C=O) groups is 1. The number of ether oxygens (including phenoxy) is 2. The summed E-state index contributed by atoms with van der Waals surface area (Å²) in [6, 6.07) is 29.2. The Labute approximate surface area is 248 Å². The molecule has 0 aliphatic carbocycles. The van der Waals surface area contributed by atoms with Crippen LogP contribution in [0.3, 0.4) is 0 Å². The van der Waals surface area contributed by atoms with Crippen molar-refractivity contribution in [3.05, 3.63) is 137 Å². The number of rotatable bonds is 9. The molecule has 218 valence electrons. The summed E-state index contributed by atoms with van der Waals surface area (Å²) < 4.78 is 40.3. The number of hydrogen-bond acceptors (Lipinski definition) is 7. The number of nitro groups is 1. The molecule has 10 nitrogen and oxygen atoms in total. The molecule has 0 unspecified atom stereocenters. The first kappa shape index (κ1) is 28.0. The fourth-order valence-electron chi connectivity index (χ4n) is 4.40. The minimum Gasteiger partial charge on any atom is -0.457 e. The van der Waals surface area contributed by atoms with E-state index in [2.05, 4.69) is 15.4 Å². The van der Waals surface area contributed by atoms with Crippen molar-refractivity contribution in [3.8, 4) is 34.3 Å². The van der Waals surface area contributed by atoms with Crippen LogP contribution in [-0.2, 0) is 0 Å². The number of benzene rings is 4. The molecule has 4 aromatic carbocycles. The molecule has 0 fully saturated rings. The number of anilines is 1. The van der Waals surface area contributed by atoms with Gasteiger partial charge in [-0.3, -0.25) is 14.9 Å². The molecule has 0 radical (unpaired) electrons. The van der Waals surface area contributed by atoms with Crippen molar-refractivity contribution in [1.82, 2.24) is 14.6 Å². The molecule has 0 atom stereocenters. The van der Waals surface area contributed by atoms with Crippen LogP contribution in [0.15, 0.2) is 115 Å². The molecule has 0 aliphatic heterocycles. The monoisotopic (exact) mass is 593 g/mol. The third-order valence-corrected chi connectivity index (χ3v) is 6.44. The average molecular weight is 594 g/mol. The molecule has 0 aliphatic rings. The lowest BCUT2D eigenvalue weighted by Crippen LogP contribution is -2.12. The number of para-hydroxylation sites is 1. The van der Waals surface area contributed by atoms with Crippen LogP contribution in [0.25, 0.3) is 16.9 Å². The lowest BCUT2D eigenvalue weighted by molar-refractivity contribution is -0.385. The third kappa shape index (κ3) is 6.04. The maximum atomic E-state index is 13.9. The SMILES string of the molecule is O=C(Nc1ccc(Oc2cc(Oc3ccccc3)cc([N+](=O)[O-])c2)cc1)c1cnn2c(C(F)F)cc(-c3ccccc3)nc12. The number of alkyl halides is 2. The Bertz CT molecular complexity index is 1970. The predicted octanol–water partition coefficient (Wildman–Crippen LogP) is 8.08. The van der Waals surface area contributed by atoms with E-state index < -0.39 is 22.9 Å². The van der Waals surface area contributed by atoms with Gasteiger partial charge in [-0.25, -0.2) is 18.3 Å². The first-order valence-corrected chi connectivity index (χ1v) is 13.2. The molecule has 2 aromatic heterocycles. The zero-order chi connectivity index (χ0) is 30.6. The summed E-state index contributed by atoms with van der Waals surface area (Å²) in [5, 5.41) is 18.2. The number of aromatic nitrogens is 3. The Morgan fingerprint density at radius 1 is 0.818 bits per heavy atom. The number of hydrogen-bond donors (Lipinski definition) is 1. The van der Waals surface area contributed by atoms with Crippen LogP contribution < -0.4 is 14.8 Å². The van der Waals surface area contributed by atoms with Crippen molar-refractivity contribution in [2.24, 2.45) is 0 Å². The van der Waals surface area contributed by atoms with Gasteiger partial charge in [0.15, 0.2) is 5.65 Å². The molecule has 1 amide bonds. The van der Waals surface area contributed by atoms with Gasteiger partial charge in [-0.05, 0) is 42.5 Å². The highest BCUT2D eigenvalue weighted by molar-refractivity contribution is 6.08. The van der Waals surface area contributed by atoms with Crippen LogP contribution in [-0.4, -0.2) is 25.4 Å². The van der Waals surface area contributed by atoms with Crippen LogP contribution >= 0.6 is 0 Å². The second kappa shape index (κ2) is 12.0. The van der Waals surface area contributed by atoms with Gasteiger partial charge in [-0.1, -0.05) is 48.5 Å². The largest absolute Gasteiger partial charge is 0.457 e. The van der Waals surface area contributed by atoms with Gasteiger partial charge in [-0.2, -0.15) is 5.10 Å². The molecular formula is C32H21F2N5O5. The molecule has 44 heavy (non-hydrogen) atoms. The van der Waals surface area contributed by atoms with Crippen LogP contribution in [0, 0.1) is 10.1 Å². The summed E-state index contributed by atoms with van der Waals surface area (Å²) >= 11 is 0. The van der Waals surface area contributed by atoms with Gasteiger partial charge in [0.25, 0.3) is 18.0 Å². The number of non-ortho nitro benzene ring substituents is 1. The molecule has 6 rings (SSSR count). The maximum Gasteiger partial charge on any atom is 0.280 e. The number of halogens is 2. The second-order valence-electron chi connectivity index (χ2n) is 9.44. The van der Waals surface area contributed by atoms with E-state index in [9.17, 15) is 23.7 Å². The fraction of sp³-hybridized carbons (Fsp3) is 0.0312. The van der Waals surface area contributed by atoms with Crippen molar-refractivity contribution < 1.29 is 28.0 Å². The molecule has 0 bridgehead atoms. The Balaban J connectivity index is 1.22. The van der Waals surface area contributed by atoms with Gasteiger partial charge in [0, 0.05) is 17.3 Å². The summed E-state index contributed by atoms with van der Waals surface area (Å²) in [4.78, 5) is 28.6. The quantitative estimate of drug-likeness (QED) is 0.133. The summed E-state index contributed by atoms with van der Waals surface area (Å²) in [6.45, 7) is 0. The molecule has 6 aromatic rings. The maximum absolute atomic E-state index is 13.9. The Morgan fingerprint density at radius 2 is 1.43 bits per heavy atom. The summed E-state index contributed by atoms with van der Waals surface area (Å²) in [7, 11) is 0. The van der Waals surface area contributed by atoms with Crippen LogP contribution in [0.2, 0.25) is 0 Å². The Morgan fingerprint density at radius 3 is 2.05 bits per heavy atom. The van der Waals surface area contributed by atoms with Crippen LogP contribution in [0.5, 0.6) is 23.0 Å². The Hall–Kier alpha value is -6.17. The van der Waals surface area contributed by atoms with E-state index in [1.165, 1.54) is 30.5 Å². The number of nitro benzene ring substituents is 1. The molecule has 12 heteroatoms. The van der Waals surface area contributed by atoms with Crippen molar-refractivity contribution in [1.29, 1.82) is 0 Å². The highest BCUT2D eigenvalue weighted by atomic mass is 19.3. The third-order valence-electron chi connectivity index (χ3n) is 6.44. The first-order valence-electron chi connectivity index (χ1n) is 13.2. The van der Waals surface area contributed by atoms with Gasteiger partial charge in [0.2, 0.25) is 0 Å². The number of carbonyl (C=O) groups excluding carboxylic acids is 1. The van der Waals surface area contributed by atoms with E-state index in [1.807, 2.05) is 6.07 Å². The highest BCUT2D eigenvalue weighted by Crippen LogP contribution is 2.34. The number of amides is 1. The van der Waals surface area contributed by atoms with Crippen molar-refractivity contribution in [2.45, 2.75) is 6.43 Å². The highest BCUT2D eigenvalue weighted by Gasteiger charge is 2.22. The number of fused-ring (bicyclic) bond motifs is 1. The predicted molar refractivity (Wildman–Crippen MR) is 157 cm³/mol. The second-order valence-corrected chi connectivity index (χ2v) is 9.44. The average Bonchev–Trinajstić information content (AvgIpc) is 3.46. The van der Waals surface area contributed by atoms with Gasteiger partial charge in [0.05, 0.1) is 28.9 Å². The topological polar surface area (TPSA) is 121 Å².